The number of hydrogen-bond acceptors (Lipinski definition) is 4. The molecule has 1 aromatic heterocycles. The number of rotatable bonds is 4. The standard InChI is InChI=1S/C19H21N3O4S/c1-20-27(25,26)17-4-2-3-13-11-22(8-7-15(13)17)19(24)14-9-16(12-5-6-12)21-18(23)10-14/h2-4,9-10,12,20H,5-8,11H2,1H3,(H,21,23). The molecule has 0 radical (unpaired) electrons. The zero-order chi connectivity index (χ0) is 19.2. The van der Waals surface area contributed by atoms with Gasteiger partial charge in [0.25, 0.3) is 5.91 Å². The highest BCUT2D eigenvalue weighted by molar-refractivity contribution is 7.89. The summed E-state index contributed by atoms with van der Waals surface area (Å²) in [5.74, 6) is 0.150. The van der Waals surface area contributed by atoms with E-state index in [9.17, 15) is 18.0 Å². The topological polar surface area (TPSA) is 99.3 Å². The number of nitrogens with one attached hydrogen (secondary N) is 2. The van der Waals surface area contributed by atoms with Gasteiger partial charge in [0.15, 0.2) is 0 Å². The molecular weight excluding hydrogens is 366 g/mol. The SMILES string of the molecule is CNS(=O)(=O)c1cccc2c1CCN(C(=O)c1cc(C3CC3)[nH]c(=O)c1)C2. The molecular formula is C19H21N3O4S. The van der Waals surface area contributed by atoms with Gasteiger partial charge in [-0.15, -0.1) is 0 Å². The first kappa shape index (κ1) is 17.9. The van der Waals surface area contributed by atoms with E-state index >= 15 is 0 Å². The van der Waals surface area contributed by atoms with E-state index < -0.39 is 10.0 Å². The summed E-state index contributed by atoms with van der Waals surface area (Å²) in [5, 5.41) is 0. The van der Waals surface area contributed by atoms with Crippen molar-refractivity contribution in [2.45, 2.75) is 36.6 Å². The summed E-state index contributed by atoms with van der Waals surface area (Å²) < 4.78 is 26.8. The predicted octanol–water partition coefficient (Wildman–Crippen LogP) is 1.36. The van der Waals surface area contributed by atoms with Crippen molar-refractivity contribution in [3.8, 4) is 0 Å². The Balaban J connectivity index is 1.63. The number of carbonyl (C=O) groups is 1. The van der Waals surface area contributed by atoms with Crippen molar-refractivity contribution < 1.29 is 13.2 Å². The lowest BCUT2D eigenvalue weighted by atomic mass is 9.99. The second-order valence-corrected chi connectivity index (χ2v) is 8.90. The fourth-order valence-electron chi connectivity index (χ4n) is 3.59. The van der Waals surface area contributed by atoms with E-state index in [4.69, 9.17) is 0 Å². The molecule has 142 valence electrons. The van der Waals surface area contributed by atoms with Crippen LogP contribution in [0.25, 0.3) is 0 Å². The molecule has 0 atom stereocenters. The van der Waals surface area contributed by atoms with E-state index in [1.165, 1.54) is 13.1 Å². The van der Waals surface area contributed by atoms with Gasteiger partial charge >= 0.3 is 0 Å². The molecule has 7 nitrogen and oxygen atoms in total. The predicted molar refractivity (Wildman–Crippen MR) is 100 cm³/mol. The summed E-state index contributed by atoms with van der Waals surface area (Å²) >= 11 is 0. The lowest BCUT2D eigenvalue weighted by molar-refractivity contribution is 0.0733. The third kappa shape index (κ3) is 3.42. The Hall–Kier alpha value is -2.45. The van der Waals surface area contributed by atoms with Crippen molar-refractivity contribution >= 4 is 15.9 Å². The van der Waals surface area contributed by atoms with Crippen molar-refractivity contribution in [3.05, 3.63) is 63.1 Å². The van der Waals surface area contributed by atoms with E-state index in [1.54, 1.807) is 23.1 Å². The molecule has 2 N–H and O–H groups in total. The van der Waals surface area contributed by atoms with Gasteiger partial charge in [-0.05, 0) is 55.5 Å². The number of fused-ring (bicyclic) bond motifs is 1. The van der Waals surface area contributed by atoms with E-state index in [1.807, 2.05) is 6.07 Å². The van der Waals surface area contributed by atoms with Crippen LogP contribution >= 0.6 is 0 Å². The lowest BCUT2D eigenvalue weighted by Crippen LogP contribution is -2.37. The number of pyridine rings is 1. The van der Waals surface area contributed by atoms with Crippen molar-refractivity contribution in [2.75, 3.05) is 13.6 Å². The number of benzene rings is 1. The first-order valence-corrected chi connectivity index (χ1v) is 10.5. The second kappa shape index (κ2) is 6.61. The smallest absolute Gasteiger partial charge is 0.254 e. The molecule has 1 saturated carbocycles. The highest BCUT2D eigenvalue weighted by atomic mass is 32.2. The van der Waals surface area contributed by atoms with E-state index in [-0.39, 0.29) is 16.4 Å². The molecule has 0 bridgehead atoms. The van der Waals surface area contributed by atoms with E-state index in [0.29, 0.717) is 31.0 Å². The Bertz CT molecular complexity index is 1070. The number of sulfonamides is 1. The molecule has 2 aromatic rings. The molecule has 8 heteroatoms. The number of aromatic nitrogens is 1. The maximum absolute atomic E-state index is 12.9. The van der Waals surface area contributed by atoms with Gasteiger partial charge in [0, 0.05) is 30.4 Å². The number of aromatic amines is 1. The van der Waals surface area contributed by atoms with Crippen LogP contribution in [0.1, 0.15) is 45.9 Å². The van der Waals surface area contributed by atoms with Crippen LogP contribution in [0.3, 0.4) is 0 Å². The quantitative estimate of drug-likeness (QED) is 0.827. The van der Waals surface area contributed by atoms with Gasteiger partial charge in [0.05, 0.1) is 4.90 Å². The molecule has 1 amide bonds. The molecule has 1 aliphatic carbocycles. The number of amides is 1. The number of carbonyl (C=O) groups excluding carboxylic acids is 1. The minimum absolute atomic E-state index is 0.199. The molecule has 1 aliphatic heterocycles. The maximum Gasteiger partial charge on any atom is 0.254 e. The third-order valence-corrected chi connectivity index (χ3v) is 6.70. The van der Waals surface area contributed by atoms with Crippen LogP contribution in [0.4, 0.5) is 0 Å². The van der Waals surface area contributed by atoms with Crippen LogP contribution in [0.15, 0.2) is 40.0 Å². The van der Waals surface area contributed by atoms with Crippen molar-refractivity contribution in [1.82, 2.24) is 14.6 Å². The largest absolute Gasteiger partial charge is 0.334 e. The van der Waals surface area contributed by atoms with Crippen LogP contribution < -0.4 is 10.3 Å². The van der Waals surface area contributed by atoms with Gasteiger partial charge in [-0.3, -0.25) is 9.59 Å². The zero-order valence-electron chi connectivity index (χ0n) is 15.0. The van der Waals surface area contributed by atoms with Crippen LogP contribution in [0, 0.1) is 0 Å². The van der Waals surface area contributed by atoms with Gasteiger partial charge in [0.1, 0.15) is 0 Å². The van der Waals surface area contributed by atoms with Crippen LogP contribution in [-0.4, -0.2) is 37.8 Å². The molecule has 0 saturated heterocycles. The minimum Gasteiger partial charge on any atom is -0.334 e. The van der Waals surface area contributed by atoms with Crippen LogP contribution in [-0.2, 0) is 23.0 Å². The van der Waals surface area contributed by atoms with Crippen LogP contribution in [0.5, 0.6) is 0 Å². The normalized spacial score (nSPS) is 16.9. The second-order valence-electron chi connectivity index (χ2n) is 7.04. The summed E-state index contributed by atoms with van der Waals surface area (Å²) in [4.78, 5) is 29.6. The van der Waals surface area contributed by atoms with Crippen LogP contribution in [0.2, 0.25) is 0 Å². The molecule has 27 heavy (non-hydrogen) atoms. The molecule has 2 aliphatic rings. The number of H-pyrrole nitrogens is 1. The van der Waals surface area contributed by atoms with Gasteiger partial charge in [-0.1, -0.05) is 12.1 Å². The van der Waals surface area contributed by atoms with Crippen molar-refractivity contribution in [3.63, 3.8) is 0 Å². The first-order valence-electron chi connectivity index (χ1n) is 8.97. The molecule has 0 spiro atoms. The Morgan fingerprint density at radius 3 is 2.74 bits per heavy atom. The fourth-order valence-corrected chi connectivity index (χ4v) is 4.63. The zero-order valence-corrected chi connectivity index (χ0v) is 15.8. The van der Waals surface area contributed by atoms with Gasteiger partial charge < -0.3 is 9.88 Å². The molecule has 0 unspecified atom stereocenters. The van der Waals surface area contributed by atoms with Gasteiger partial charge in [-0.2, -0.15) is 0 Å². The third-order valence-electron chi connectivity index (χ3n) is 5.20. The fraction of sp³-hybridized carbons (Fsp3) is 0.368. The maximum atomic E-state index is 12.9. The first-order chi connectivity index (χ1) is 12.9. The van der Waals surface area contributed by atoms with E-state index in [2.05, 4.69) is 9.71 Å². The minimum atomic E-state index is -3.54. The number of nitrogens with zero attached hydrogens (tertiary/aromatic N) is 1. The highest BCUT2D eigenvalue weighted by Gasteiger charge is 2.29. The summed E-state index contributed by atoms with van der Waals surface area (Å²) in [6, 6.07) is 8.23. The monoisotopic (exact) mass is 387 g/mol. The number of hydrogen-bond donors (Lipinski definition) is 2. The molecule has 4 rings (SSSR count). The Morgan fingerprint density at radius 2 is 2.04 bits per heavy atom. The Labute approximate surface area is 157 Å². The Morgan fingerprint density at radius 1 is 1.26 bits per heavy atom. The van der Waals surface area contributed by atoms with Crippen molar-refractivity contribution in [1.29, 1.82) is 0 Å². The highest BCUT2D eigenvalue weighted by Crippen LogP contribution is 2.38. The lowest BCUT2D eigenvalue weighted by Gasteiger charge is -2.30. The summed E-state index contributed by atoms with van der Waals surface area (Å²) in [6.45, 7) is 0.737. The summed E-state index contributed by atoms with van der Waals surface area (Å²) in [5.41, 5.74) is 2.52. The Kier molecular flexibility index (Phi) is 4.39. The average molecular weight is 387 g/mol. The molecule has 1 fully saturated rings. The average Bonchev–Trinajstić information content (AvgIpc) is 3.51. The summed E-state index contributed by atoms with van der Waals surface area (Å²) in [7, 11) is -2.16. The summed E-state index contributed by atoms with van der Waals surface area (Å²) in [6.07, 6.45) is 2.53. The van der Waals surface area contributed by atoms with Gasteiger partial charge in [0.2, 0.25) is 15.6 Å². The van der Waals surface area contributed by atoms with Crippen molar-refractivity contribution in [2.24, 2.45) is 0 Å². The van der Waals surface area contributed by atoms with Gasteiger partial charge in [-0.25, -0.2) is 13.1 Å². The molecule has 1 aromatic carbocycles. The molecule has 2 heterocycles. The van der Waals surface area contributed by atoms with E-state index in [0.717, 1.165) is 29.7 Å².